The Morgan fingerprint density at radius 2 is 1.79 bits per heavy atom. The zero-order chi connectivity index (χ0) is 10.6. The molecule has 0 aromatic carbocycles. The first-order chi connectivity index (χ1) is 6.61. The van der Waals surface area contributed by atoms with E-state index in [1.807, 2.05) is 4.90 Å². The van der Waals surface area contributed by atoms with Crippen molar-refractivity contribution in [1.82, 2.24) is 9.80 Å². The van der Waals surface area contributed by atoms with Crippen LogP contribution in [0, 0.1) is 0 Å². The van der Waals surface area contributed by atoms with Crippen molar-refractivity contribution in [2.75, 3.05) is 26.7 Å². The maximum atomic E-state index is 11.6. The predicted molar refractivity (Wildman–Crippen MR) is 53.7 cm³/mol. The van der Waals surface area contributed by atoms with E-state index < -0.39 is 0 Å². The summed E-state index contributed by atoms with van der Waals surface area (Å²) in [5.74, 6) is 0.0118. The van der Waals surface area contributed by atoms with E-state index in [0.29, 0.717) is 0 Å². The van der Waals surface area contributed by atoms with Crippen LogP contribution in [0.3, 0.4) is 0 Å². The standard InChI is InChI=1S/C10H18N2O2/c1-9(13)11(2)8-10(14)12-6-4-3-5-7-12/h3-8H2,1-2H3. The first kappa shape index (κ1) is 11.0. The van der Waals surface area contributed by atoms with E-state index in [2.05, 4.69) is 0 Å². The number of likely N-dealkylation sites (N-methyl/N-ethyl adjacent to an activating group) is 1. The lowest BCUT2D eigenvalue weighted by atomic mass is 10.1. The molecule has 0 atom stereocenters. The molecule has 2 amide bonds. The molecule has 1 aliphatic heterocycles. The number of piperidine rings is 1. The van der Waals surface area contributed by atoms with Gasteiger partial charge in [0.2, 0.25) is 11.8 Å². The average Bonchev–Trinajstić information content (AvgIpc) is 2.19. The van der Waals surface area contributed by atoms with Crippen LogP contribution in [0.1, 0.15) is 26.2 Å². The quantitative estimate of drug-likeness (QED) is 0.647. The van der Waals surface area contributed by atoms with Crippen LogP contribution in [0.15, 0.2) is 0 Å². The Hall–Kier alpha value is -1.06. The molecule has 4 heteroatoms. The fraction of sp³-hybridized carbons (Fsp3) is 0.800. The van der Waals surface area contributed by atoms with Crippen molar-refractivity contribution in [3.63, 3.8) is 0 Å². The summed E-state index contributed by atoms with van der Waals surface area (Å²) in [6.45, 7) is 3.40. The van der Waals surface area contributed by atoms with Gasteiger partial charge in [-0.25, -0.2) is 0 Å². The van der Waals surface area contributed by atoms with Crippen molar-refractivity contribution in [2.45, 2.75) is 26.2 Å². The van der Waals surface area contributed by atoms with E-state index in [-0.39, 0.29) is 18.4 Å². The van der Waals surface area contributed by atoms with Gasteiger partial charge in [-0.1, -0.05) is 0 Å². The minimum Gasteiger partial charge on any atom is -0.341 e. The van der Waals surface area contributed by atoms with Crippen LogP contribution >= 0.6 is 0 Å². The molecule has 0 spiro atoms. The van der Waals surface area contributed by atoms with Gasteiger partial charge in [-0.05, 0) is 19.3 Å². The minimum atomic E-state index is -0.0599. The molecule has 1 rings (SSSR count). The largest absolute Gasteiger partial charge is 0.341 e. The third kappa shape index (κ3) is 3.01. The highest BCUT2D eigenvalue weighted by atomic mass is 16.2. The molecule has 1 saturated heterocycles. The van der Waals surface area contributed by atoms with Gasteiger partial charge in [0.05, 0.1) is 6.54 Å². The average molecular weight is 198 g/mol. The van der Waals surface area contributed by atoms with Crippen LogP contribution in [0.25, 0.3) is 0 Å². The van der Waals surface area contributed by atoms with Gasteiger partial charge in [0, 0.05) is 27.1 Å². The van der Waals surface area contributed by atoms with Crippen LogP contribution in [0.2, 0.25) is 0 Å². The lowest BCUT2D eigenvalue weighted by molar-refractivity contribution is -0.138. The predicted octanol–water partition coefficient (Wildman–Crippen LogP) is 0.477. The normalized spacial score (nSPS) is 16.6. The van der Waals surface area contributed by atoms with Gasteiger partial charge in [0.1, 0.15) is 0 Å². The molecular weight excluding hydrogens is 180 g/mol. The highest BCUT2D eigenvalue weighted by Gasteiger charge is 2.18. The van der Waals surface area contributed by atoms with E-state index in [9.17, 15) is 9.59 Å². The van der Waals surface area contributed by atoms with Gasteiger partial charge in [-0.2, -0.15) is 0 Å². The van der Waals surface area contributed by atoms with Crippen molar-refractivity contribution >= 4 is 11.8 Å². The molecule has 0 aromatic rings. The summed E-state index contributed by atoms with van der Waals surface area (Å²) in [5, 5.41) is 0. The minimum absolute atomic E-state index is 0.0599. The number of rotatable bonds is 2. The smallest absolute Gasteiger partial charge is 0.242 e. The van der Waals surface area contributed by atoms with Crippen LogP contribution in [0.5, 0.6) is 0 Å². The number of likely N-dealkylation sites (tertiary alicyclic amines) is 1. The van der Waals surface area contributed by atoms with Crippen molar-refractivity contribution in [1.29, 1.82) is 0 Å². The van der Waals surface area contributed by atoms with Gasteiger partial charge < -0.3 is 9.80 Å². The second-order valence-corrected chi connectivity index (χ2v) is 3.82. The summed E-state index contributed by atoms with van der Waals surface area (Å²) >= 11 is 0. The Bertz CT molecular complexity index is 222. The maximum Gasteiger partial charge on any atom is 0.242 e. The maximum absolute atomic E-state index is 11.6. The first-order valence-corrected chi connectivity index (χ1v) is 5.10. The van der Waals surface area contributed by atoms with Crippen LogP contribution in [0.4, 0.5) is 0 Å². The third-order valence-corrected chi connectivity index (χ3v) is 2.62. The summed E-state index contributed by atoms with van der Waals surface area (Å²) in [5.41, 5.74) is 0. The van der Waals surface area contributed by atoms with Crippen molar-refractivity contribution in [3.05, 3.63) is 0 Å². The number of carbonyl (C=O) groups excluding carboxylic acids is 2. The Morgan fingerprint density at radius 3 is 2.29 bits per heavy atom. The van der Waals surface area contributed by atoms with Crippen molar-refractivity contribution in [2.24, 2.45) is 0 Å². The second-order valence-electron chi connectivity index (χ2n) is 3.82. The molecule has 0 radical (unpaired) electrons. The van der Waals surface area contributed by atoms with E-state index in [0.717, 1.165) is 25.9 Å². The highest BCUT2D eigenvalue weighted by molar-refractivity contribution is 5.83. The molecule has 1 fully saturated rings. The van der Waals surface area contributed by atoms with Gasteiger partial charge >= 0.3 is 0 Å². The Kier molecular flexibility index (Phi) is 3.92. The van der Waals surface area contributed by atoms with E-state index in [1.165, 1.54) is 18.2 Å². The number of hydrogen-bond acceptors (Lipinski definition) is 2. The van der Waals surface area contributed by atoms with E-state index in [4.69, 9.17) is 0 Å². The zero-order valence-electron chi connectivity index (χ0n) is 8.95. The van der Waals surface area contributed by atoms with Gasteiger partial charge in [0.25, 0.3) is 0 Å². The van der Waals surface area contributed by atoms with E-state index >= 15 is 0 Å². The second kappa shape index (κ2) is 4.98. The van der Waals surface area contributed by atoms with Crippen molar-refractivity contribution < 1.29 is 9.59 Å². The fourth-order valence-corrected chi connectivity index (χ4v) is 1.56. The number of carbonyl (C=O) groups is 2. The summed E-state index contributed by atoms with van der Waals surface area (Å²) in [6.07, 6.45) is 3.40. The third-order valence-electron chi connectivity index (χ3n) is 2.62. The van der Waals surface area contributed by atoms with Crippen LogP contribution in [-0.4, -0.2) is 48.3 Å². The molecule has 0 aliphatic carbocycles. The topological polar surface area (TPSA) is 40.6 Å². The van der Waals surface area contributed by atoms with Crippen LogP contribution < -0.4 is 0 Å². The molecule has 1 heterocycles. The molecular formula is C10H18N2O2. The SMILES string of the molecule is CC(=O)N(C)CC(=O)N1CCCCC1. The Labute approximate surface area is 84.9 Å². The molecule has 4 nitrogen and oxygen atoms in total. The molecule has 0 unspecified atom stereocenters. The lowest BCUT2D eigenvalue weighted by Gasteiger charge is -2.28. The molecule has 0 bridgehead atoms. The summed E-state index contributed by atoms with van der Waals surface area (Å²) in [6, 6.07) is 0. The van der Waals surface area contributed by atoms with Gasteiger partial charge in [0.15, 0.2) is 0 Å². The monoisotopic (exact) mass is 198 g/mol. The number of nitrogens with zero attached hydrogens (tertiary/aromatic N) is 2. The molecule has 1 aliphatic rings. The zero-order valence-corrected chi connectivity index (χ0v) is 8.95. The Morgan fingerprint density at radius 1 is 1.21 bits per heavy atom. The number of hydrogen-bond donors (Lipinski definition) is 0. The molecule has 0 aromatic heterocycles. The summed E-state index contributed by atoms with van der Waals surface area (Å²) in [7, 11) is 1.66. The van der Waals surface area contributed by atoms with Crippen LogP contribution in [-0.2, 0) is 9.59 Å². The molecule has 14 heavy (non-hydrogen) atoms. The molecule has 80 valence electrons. The number of amides is 2. The summed E-state index contributed by atoms with van der Waals surface area (Å²) in [4.78, 5) is 25.9. The Balaban J connectivity index is 2.36. The fourth-order valence-electron chi connectivity index (χ4n) is 1.56. The molecule has 0 N–H and O–H groups in total. The molecule has 0 saturated carbocycles. The first-order valence-electron chi connectivity index (χ1n) is 5.10. The van der Waals surface area contributed by atoms with Crippen molar-refractivity contribution in [3.8, 4) is 0 Å². The summed E-state index contributed by atoms with van der Waals surface area (Å²) < 4.78 is 0. The van der Waals surface area contributed by atoms with Gasteiger partial charge in [-0.3, -0.25) is 9.59 Å². The lowest BCUT2D eigenvalue weighted by Crippen LogP contribution is -2.42. The highest BCUT2D eigenvalue weighted by Crippen LogP contribution is 2.08. The van der Waals surface area contributed by atoms with E-state index in [1.54, 1.807) is 7.05 Å². The van der Waals surface area contributed by atoms with Gasteiger partial charge in [-0.15, -0.1) is 0 Å².